The topological polar surface area (TPSA) is 74.2 Å². The van der Waals surface area contributed by atoms with E-state index in [2.05, 4.69) is 16.7 Å². The van der Waals surface area contributed by atoms with E-state index in [4.69, 9.17) is 4.74 Å². The minimum Gasteiger partial charge on any atom is -0.497 e. The molecule has 1 atom stereocenters. The first-order chi connectivity index (χ1) is 9.86. The summed E-state index contributed by atoms with van der Waals surface area (Å²) in [4.78, 5) is 11.9. The normalized spacial score (nSPS) is 18.6. The van der Waals surface area contributed by atoms with Crippen LogP contribution in [0.15, 0.2) is 35.5 Å². The maximum absolute atomic E-state index is 11.9. The van der Waals surface area contributed by atoms with Crippen molar-refractivity contribution in [3.05, 3.63) is 41.1 Å². The molecule has 2 amide bonds. The lowest BCUT2D eigenvalue weighted by atomic mass is 9.84. The summed E-state index contributed by atoms with van der Waals surface area (Å²) in [7, 11) is 1.60. The van der Waals surface area contributed by atoms with Crippen molar-refractivity contribution in [3.8, 4) is 11.8 Å². The highest BCUT2D eigenvalue weighted by molar-refractivity contribution is 5.80. The molecule has 0 fully saturated rings. The number of carbonyl (C=O) groups excluding carboxylic acids is 1. The second kappa shape index (κ2) is 5.49. The van der Waals surface area contributed by atoms with Gasteiger partial charge in [-0.2, -0.15) is 5.26 Å². The van der Waals surface area contributed by atoms with Crippen LogP contribution in [0, 0.1) is 16.7 Å². The summed E-state index contributed by atoms with van der Waals surface area (Å²) in [6.45, 7) is 5.91. The monoisotopic (exact) mass is 285 g/mol. The minimum absolute atomic E-state index is 0.292. The molecule has 1 aromatic rings. The third-order valence-electron chi connectivity index (χ3n) is 3.39. The summed E-state index contributed by atoms with van der Waals surface area (Å²) in [5.41, 5.74) is 1.74. The van der Waals surface area contributed by atoms with Crippen molar-refractivity contribution in [2.45, 2.75) is 26.8 Å². The van der Waals surface area contributed by atoms with Gasteiger partial charge in [0.1, 0.15) is 5.75 Å². The average Bonchev–Trinajstić information content (AvgIpc) is 2.45. The number of amides is 2. The first kappa shape index (κ1) is 14.9. The molecule has 1 aliphatic heterocycles. The Morgan fingerprint density at radius 2 is 1.86 bits per heavy atom. The quantitative estimate of drug-likeness (QED) is 0.877. The fourth-order valence-electron chi connectivity index (χ4n) is 2.32. The second-order valence-electron chi connectivity index (χ2n) is 5.96. The molecule has 2 N–H and O–H groups in total. The molecule has 0 saturated carbocycles. The molecule has 0 bridgehead atoms. The molecule has 1 heterocycles. The maximum atomic E-state index is 11.9. The number of ether oxygens (including phenoxy) is 1. The van der Waals surface area contributed by atoms with Crippen LogP contribution in [0.2, 0.25) is 0 Å². The number of nitriles is 1. The Morgan fingerprint density at radius 3 is 2.33 bits per heavy atom. The molecular formula is C16H19N3O2. The second-order valence-corrected chi connectivity index (χ2v) is 5.96. The summed E-state index contributed by atoms with van der Waals surface area (Å²) in [6, 6.07) is 8.83. The Hall–Kier alpha value is -2.48. The van der Waals surface area contributed by atoms with Crippen LogP contribution in [-0.4, -0.2) is 13.1 Å². The number of nitrogens with zero attached hydrogens (tertiary/aromatic N) is 1. The maximum Gasteiger partial charge on any atom is 0.319 e. The molecule has 1 aliphatic rings. The lowest BCUT2D eigenvalue weighted by Crippen LogP contribution is -2.46. The number of benzene rings is 1. The van der Waals surface area contributed by atoms with E-state index in [1.54, 1.807) is 7.11 Å². The van der Waals surface area contributed by atoms with E-state index in [1.165, 1.54) is 0 Å². The Morgan fingerprint density at radius 1 is 1.24 bits per heavy atom. The number of methoxy groups -OCH3 is 1. The molecule has 0 saturated heterocycles. The van der Waals surface area contributed by atoms with Gasteiger partial charge in [0, 0.05) is 11.1 Å². The molecule has 2 rings (SSSR count). The number of carbonyl (C=O) groups is 1. The van der Waals surface area contributed by atoms with Gasteiger partial charge in [0.05, 0.1) is 24.8 Å². The Bertz CT molecular complexity index is 618. The van der Waals surface area contributed by atoms with Gasteiger partial charge in [-0.05, 0) is 17.7 Å². The molecule has 1 aromatic carbocycles. The standard InChI is InChI=1S/C16H19N3O2/c1-16(2,3)14-12(9-17)13(18-15(20)19-14)10-5-7-11(21-4)8-6-10/h5-8,13H,1-4H3,(H2,18,19,20)/t13-/m0/s1. The Balaban J connectivity index is 2.50. The van der Waals surface area contributed by atoms with Crippen LogP contribution in [0.4, 0.5) is 4.79 Å². The van der Waals surface area contributed by atoms with E-state index in [0.717, 1.165) is 11.3 Å². The largest absolute Gasteiger partial charge is 0.497 e. The number of hydrogen-bond donors (Lipinski definition) is 2. The van der Waals surface area contributed by atoms with Gasteiger partial charge in [0.15, 0.2) is 0 Å². The van der Waals surface area contributed by atoms with Crippen molar-refractivity contribution in [1.82, 2.24) is 10.6 Å². The van der Waals surface area contributed by atoms with Crippen LogP contribution in [0.5, 0.6) is 5.75 Å². The number of rotatable bonds is 2. The third-order valence-corrected chi connectivity index (χ3v) is 3.39. The summed E-state index contributed by atoms with van der Waals surface area (Å²) >= 11 is 0. The predicted molar refractivity (Wildman–Crippen MR) is 79.5 cm³/mol. The van der Waals surface area contributed by atoms with Crippen molar-refractivity contribution in [2.24, 2.45) is 5.41 Å². The minimum atomic E-state index is -0.441. The van der Waals surface area contributed by atoms with Gasteiger partial charge in [-0.3, -0.25) is 0 Å². The zero-order chi connectivity index (χ0) is 15.6. The fourth-order valence-corrected chi connectivity index (χ4v) is 2.32. The van der Waals surface area contributed by atoms with Crippen LogP contribution in [-0.2, 0) is 0 Å². The van der Waals surface area contributed by atoms with Gasteiger partial charge >= 0.3 is 6.03 Å². The predicted octanol–water partition coefficient (Wildman–Crippen LogP) is 2.87. The Labute approximate surface area is 124 Å². The lowest BCUT2D eigenvalue weighted by Gasteiger charge is -2.33. The lowest BCUT2D eigenvalue weighted by molar-refractivity contribution is 0.235. The van der Waals surface area contributed by atoms with E-state index in [-0.39, 0.29) is 11.4 Å². The zero-order valence-electron chi connectivity index (χ0n) is 12.7. The first-order valence-corrected chi connectivity index (χ1v) is 6.73. The number of hydrogen-bond acceptors (Lipinski definition) is 3. The van der Waals surface area contributed by atoms with Crippen molar-refractivity contribution < 1.29 is 9.53 Å². The summed E-state index contributed by atoms with van der Waals surface area (Å²) in [5.74, 6) is 0.734. The molecule has 5 heteroatoms. The molecular weight excluding hydrogens is 266 g/mol. The molecule has 5 nitrogen and oxygen atoms in total. The number of nitrogens with one attached hydrogen (secondary N) is 2. The van der Waals surface area contributed by atoms with Gasteiger partial charge in [-0.25, -0.2) is 4.79 Å². The van der Waals surface area contributed by atoms with Crippen molar-refractivity contribution >= 4 is 6.03 Å². The van der Waals surface area contributed by atoms with E-state index in [1.807, 2.05) is 45.0 Å². The van der Waals surface area contributed by atoms with Gasteiger partial charge in [0.2, 0.25) is 0 Å². The molecule has 0 spiro atoms. The van der Waals surface area contributed by atoms with Crippen molar-refractivity contribution in [2.75, 3.05) is 7.11 Å². The summed E-state index contributed by atoms with van der Waals surface area (Å²) in [5, 5.41) is 15.1. The van der Waals surface area contributed by atoms with Gasteiger partial charge in [0.25, 0.3) is 0 Å². The van der Waals surface area contributed by atoms with Crippen LogP contribution >= 0.6 is 0 Å². The molecule has 0 radical (unpaired) electrons. The smallest absolute Gasteiger partial charge is 0.319 e. The van der Waals surface area contributed by atoms with Gasteiger partial charge < -0.3 is 15.4 Å². The van der Waals surface area contributed by atoms with Gasteiger partial charge in [-0.1, -0.05) is 32.9 Å². The van der Waals surface area contributed by atoms with Crippen LogP contribution in [0.25, 0.3) is 0 Å². The van der Waals surface area contributed by atoms with E-state index in [0.29, 0.717) is 11.3 Å². The molecule has 0 aliphatic carbocycles. The SMILES string of the molecule is COc1ccc([C@@H]2NC(=O)NC(C(C)(C)C)=C2C#N)cc1. The third kappa shape index (κ3) is 3.00. The van der Waals surface area contributed by atoms with Gasteiger partial charge in [-0.15, -0.1) is 0 Å². The highest BCUT2D eigenvalue weighted by Crippen LogP contribution is 2.34. The highest BCUT2D eigenvalue weighted by atomic mass is 16.5. The van der Waals surface area contributed by atoms with Crippen LogP contribution in [0.3, 0.4) is 0 Å². The molecule has 0 unspecified atom stereocenters. The zero-order valence-corrected chi connectivity index (χ0v) is 12.7. The van der Waals surface area contributed by atoms with E-state index >= 15 is 0 Å². The van der Waals surface area contributed by atoms with E-state index in [9.17, 15) is 10.1 Å². The average molecular weight is 285 g/mol. The Kier molecular flexibility index (Phi) is 3.90. The van der Waals surface area contributed by atoms with Crippen LogP contribution in [0.1, 0.15) is 32.4 Å². The first-order valence-electron chi connectivity index (χ1n) is 6.73. The summed E-state index contributed by atoms with van der Waals surface area (Å²) in [6.07, 6.45) is 0. The molecule has 110 valence electrons. The van der Waals surface area contributed by atoms with Crippen molar-refractivity contribution in [1.29, 1.82) is 5.26 Å². The van der Waals surface area contributed by atoms with Crippen molar-refractivity contribution in [3.63, 3.8) is 0 Å². The fraction of sp³-hybridized carbons (Fsp3) is 0.375. The molecule has 21 heavy (non-hydrogen) atoms. The molecule has 0 aromatic heterocycles. The van der Waals surface area contributed by atoms with Crippen LogP contribution < -0.4 is 15.4 Å². The van der Waals surface area contributed by atoms with E-state index < -0.39 is 6.04 Å². The number of allylic oxidation sites excluding steroid dienone is 1. The number of urea groups is 1. The highest BCUT2D eigenvalue weighted by Gasteiger charge is 2.33. The summed E-state index contributed by atoms with van der Waals surface area (Å²) < 4.78 is 5.13.